The van der Waals surface area contributed by atoms with Gasteiger partial charge in [-0.05, 0) is 55.0 Å². The summed E-state index contributed by atoms with van der Waals surface area (Å²) in [5, 5.41) is 17.1. The number of amides is 2. The van der Waals surface area contributed by atoms with Crippen molar-refractivity contribution in [3.8, 4) is 28.3 Å². The summed E-state index contributed by atoms with van der Waals surface area (Å²) >= 11 is 0. The van der Waals surface area contributed by atoms with Gasteiger partial charge in [-0.2, -0.15) is 5.10 Å². The Morgan fingerprint density at radius 2 is 1.82 bits per heavy atom. The second-order valence-electron chi connectivity index (χ2n) is 10.9. The standard InChI is InChI=1S/C30H36N6O4/c1-20-17-22(31-29(37)32-28-19-27(40-35-28)30(2,3)4)7-10-24(20)26-18-25(33-34-26)21-5-8-23(9-6-21)39-16-13-36-11-14-38-15-12-36/h5-10,17-19H,11-16H2,1-4H3,(H,33,34)(H2,31,32,35,37). The Bertz CT molecular complexity index is 1430. The summed E-state index contributed by atoms with van der Waals surface area (Å²) in [6.07, 6.45) is 0. The van der Waals surface area contributed by atoms with Crippen LogP contribution < -0.4 is 15.4 Å². The first-order chi connectivity index (χ1) is 19.2. The summed E-state index contributed by atoms with van der Waals surface area (Å²) in [5.74, 6) is 1.91. The summed E-state index contributed by atoms with van der Waals surface area (Å²) in [4.78, 5) is 14.8. The van der Waals surface area contributed by atoms with E-state index in [0.29, 0.717) is 23.9 Å². The third-order valence-corrected chi connectivity index (χ3v) is 6.77. The van der Waals surface area contributed by atoms with Gasteiger partial charge in [0.25, 0.3) is 0 Å². The van der Waals surface area contributed by atoms with Gasteiger partial charge >= 0.3 is 6.03 Å². The van der Waals surface area contributed by atoms with Gasteiger partial charge < -0.3 is 19.3 Å². The molecular weight excluding hydrogens is 508 g/mol. The van der Waals surface area contributed by atoms with Gasteiger partial charge in [-0.25, -0.2) is 4.79 Å². The van der Waals surface area contributed by atoms with E-state index in [1.807, 2.05) is 76.2 Å². The molecule has 0 bridgehead atoms. The average Bonchev–Trinajstić information content (AvgIpc) is 3.60. The van der Waals surface area contributed by atoms with E-state index in [-0.39, 0.29) is 5.41 Å². The number of aryl methyl sites for hydroxylation is 1. The van der Waals surface area contributed by atoms with Gasteiger partial charge in [-0.3, -0.25) is 15.3 Å². The second kappa shape index (κ2) is 11.9. The molecule has 2 aromatic carbocycles. The second-order valence-corrected chi connectivity index (χ2v) is 10.9. The minimum atomic E-state index is -0.391. The van der Waals surface area contributed by atoms with E-state index in [0.717, 1.165) is 66.7 Å². The van der Waals surface area contributed by atoms with Crippen molar-refractivity contribution in [1.82, 2.24) is 20.3 Å². The Kier molecular flexibility index (Phi) is 8.18. The Morgan fingerprint density at radius 3 is 2.52 bits per heavy atom. The van der Waals surface area contributed by atoms with Crippen molar-refractivity contribution in [2.24, 2.45) is 0 Å². The third-order valence-electron chi connectivity index (χ3n) is 6.77. The molecule has 10 heteroatoms. The van der Waals surface area contributed by atoms with Gasteiger partial charge in [0.15, 0.2) is 5.82 Å². The van der Waals surface area contributed by atoms with Crippen LogP contribution in [0, 0.1) is 6.92 Å². The fourth-order valence-electron chi connectivity index (χ4n) is 4.46. The van der Waals surface area contributed by atoms with Crippen LogP contribution in [0.2, 0.25) is 0 Å². The number of ether oxygens (including phenoxy) is 2. The first-order valence-electron chi connectivity index (χ1n) is 13.5. The van der Waals surface area contributed by atoms with Crippen LogP contribution in [-0.4, -0.2) is 65.7 Å². The van der Waals surface area contributed by atoms with Crippen molar-refractivity contribution in [2.45, 2.75) is 33.1 Å². The lowest BCUT2D eigenvalue weighted by atomic mass is 9.93. The van der Waals surface area contributed by atoms with Gasteiger partial charge in [0, 0.05) is 47.9 Å². The molecule has 0 radical (unpaired) electrons. The first kappa shape index (κ1) is 27.4. The van der Waals surface area contributed by atoms with E-state index in [4.69, 9.17) is 14.0 Å². The average molecular weight is 545 g/mol. The molecule has 0 aliphatic carbocycles. The highest BCUT2D eigenvalue weighted by Gasteiger charge is 2.20. The summed E-state index contributed by atoms with van der Waals surface area (Å²) < 4.78 is 16.6. The SMILES string of the molecule is Cc1cc(NC(=O)Nc2cc(C(C)(C)C)on2)ccc1-c1cc(-c2ccc(OCCN3CCOCC3)cc2)n[nH]1. The highest BCUT2D eigenvalue weighted by Crippen LogP contribution is 2.29. The van der Waals surface area contributed by atoms with Gasteiger partial charge in [0.2, 0.25) is 0 Å². The first-order valence-corrected chi connectivity index (χ1v) is 13.5. The molecule has 2 amide bonds. The molecular formula is C30H36N6O4. The fraction of sp³-hybridized carbons (Fsp3) is 0.367. The van der Waals surface area contributed by atoms with E-state index < -0.39 is 6.03 Å². The van der Waals surface area contributed by atoms with Crippen LogP contribution in [-0.2, 0) is 10.2 Å². The molecule has 1 saturated heterocycles. The number of carbonyl (C=O) groups is 1. The Labute approximate surface area is 234 Å². The number of anilines is 2. The lowest BCUT2D eigenvalue weighted by Crippen LogP contribution is -2.38. The molecule has 4 aromatic rings. The van der Waals surface area contributed by atoms with Crippen molar-refractivity contribution in [1.29, 1.82) is 0 Å². The molecule has 5 rings (SSSR count). The van der Waals surface area contributed by atoms with E-state index >= 15 is 0 Å². The highest BCUT2D eigenvalue weighted by molar-refractivity contribution is 5.99. The lowest BCUT2D eigenvalue weighted by Gasteiger charge is -2.26. The van der Waals surface area contributed by atoms with Gasteiger partial charge in [-0.1, -0.05) is 32.0 Å². The Hall–Kier alpha value is -4.15. The minimum absolute atomic E-state index is 0.191. The molecule has 0 atom stereocenters. The van der Waals surface area contributed by atoms with Crippen LogP contribution in [0.4, 0.5) is 16.3 Å². The summed E-state index contributed by atoms with van der Waals surface area (Å²) in [5.41, 5.74) is 5.21. The molecule has 3 heterocycles. The number of aromatic amines is 1. The number of benzene rings is 2. The molecule has 0 spiro atoms. The van der Waals surface area contributed by atoms with Crippen LogP contribution in [0.1, 0.15) is 32.1 Å². The van der Waals surface area contributed by atoms with Crippen molar-refractivity contribution in [3.63, 3.8) is 0 Å². The number of hydrogen-bond donors (Lipinski definition) is 3. The van der Waals surface area contributed by atoms with Gasteiger partial charge in [0.1, 0.15) is 18.1 Å². The molecule has 1 aliphatic rings. The molecule has 210 valence electrons. The number of hydrogen-bond acceptors (Lipinski definition) is 7. The number of H-pyrrole nitrogens is 1. The smallest absolute Gasteiger partial charge is 0.324 e. The number of urea groups is 1. The largest absolute Gasteiger partial charge is 0.492 e. The summed E-state index contributed by atoms with van der Waals surface area (Å²) in [7, 11) is 0. The third kappa shape index (κ3) is 6.88. The highest BCUT2D eigenvalue weighted by atomic mass is 16.5. The van der Waals surface area contributed by atoms with E-state index in [1.165, 1.54) is 0 Å². The summed E-state index contributed by atoms with van der Waals surface area (Å²) in [6, 6.07) is 17.1. The molecule has 1 fully saturated rings. The monoisotopic (exact) mass is 544 g/mol. The van der Waals surface area contributed by atoms with E-state index in [1.54, 1.807) is 6.07 Å². The number of rotatable bonds is 8. The van der Waals surface area contributed by atoms with Crippen molar-refractivity contribution >= 4 is 17.5 Å². The maximum absolute atomic E-state index is 12.5. The summed E-state index contributed by atoms with van der Waals surface area (Å²) in [6.45, 7) is 13.1. The van der Waals surface area contributed by atoms with Crippen LogP contribution in [0.25, 0.3) is 22.5 Å². The van der Waals surface area contributed by atoms with Crippen molar-refractivity contribution in [2.75, 3.05) is 50.1 Å². The minimum Gasteiger partial charge on any atom is -0.492 e. The maximum Gasteiger partial charge on any atom is 0.324 e. The van der Waals surface area contributed by atoms with Gasteiger partial charge in [-0.15, -0.1) is 0 Å². The normalized spacial score (nSPS) is 14.2. The number of morpholine rings is 1. The van der Waals surface area contributed by atoms with Crippen LogP contribution in [0.15, 0.2) is 59.1 Å². The van der Waals surface area contributed by atoms with E-state index in [2.05, 4.69) is 30.9 Å². The molecule has 0 saturated carbocycles. The number of carbonyl (C=O) groups excluding carboxylic acids is 1. The van der Waals surface area contributed by atoms with Crippen LogP contribution >= 0.6 is 0 Å². The molecule has 2 aromatic heterocycles. The van der Waals surface area contributed by atoms with Crippen molar-refractivity contribution < 1.29 is 18.8 Å². The topological polar surface area (TPSA) is 118 Å². The van der Waals surface area contributed by atoms with Crippen LogP contribution in [0.5, 0.6) is 5.75 Å². The van der Waals surface area contributed by atoms with Crippen LogP contribution in [0.3, 0.4) is 0 Å². The molecule has 3 N–H and O–H groups in total. The Morgan fingerprint density at radius 1 is 1.05 bits per heavy atom. The predicted octanol–water partition coefficient (Wildman–Crippen LogP) is 5.69. The molecule has 0 unspecified atom stereocenters. The fourth-order valence-corrected chi connectivity index (χ4v) is 4.46. The molecule has 1 aliphatic heterocycles. The lowest BCUT2D eigenvalue weighted by molar-refractivity contribution is 0.0322. The zero-order valence-corrected chi connectivity index (χ0v) is 23.4. The quantitative estimate of drug-likeness (QED) is 0.261. The molecule has 10 nitrogen and oxygen atoms in total. The van der Waals surface area contributed by atoms with Gasteiger partial charge in [0.05, 0.1) is 24.6 Å². The predicted molar refractivity (Wildman–Crippen MR) is 155 cm³/mol. The number of aromatic nitrogens is 3. The number of nitrogens with zero attached hydrogens (tertiary/aromatic N) is 3. The maximum atomic E-state index is 12.5. The zero-order valence-electron chi connectivity index (χ0n) is 23.4. The Balaban J connectivity index is 1.16. The molecule has 40 heavy (non-hydrogen) atoms. The zero-order chi connectivity index (χ0) is 28.1. The number of nitrogens with one attached hydrogen (secondary N) is 3. The van der Waals surface area contributed by atoms with Crippen molar-refractivity contribution in [3.05, 3.63) is 65.9 Å². The van der Waals surface area contributed by atoms with E-state index in [9.17, 15) is 4.79 Å².